The molecule has 0 radical (unpaired) electrons. The molecule has 1 fully saturated rings. The number of rotatable bonds is 5. The van der Waals surface area contributed by atoms with Gasteiger partial charge in [-0.3, -0.25) is 4.21 Å². The van der Waals surface area contributed by atoms with Gasteiger partial charge in [0, 0.05) is 16.0 Å². The molecule has 4 heteroatoms. The third kappa shape index (κ3) is 3.97. The van der Waals surface area contributed by atoms with Crippen molar-refractivity contribution in [2.45, 2.75) is 49.0 Å². The molecular weight excluding hydrogens is 256 g/mol. The molecule has 0 aliphatic heterocycles. The number of thiocarbonyl (C=S) groups is 1. The van der Waals surface area contributed by atoms with E-state index < -0.39 is 10.8 Å². The fourth-order valence-corrected chi connectivity index (χ4v) is 5.19. The van der Waals surface area contributed by atoms with Crippen LogP contribution in [-0.4, -0.2) is 25.2 Å². The van der Waals surface area contributed by atoms with Crippen LogP contribution < -0.4 is 0 Å². The molecule has 0 aromatic heterocycles. The van der Waals surface area contributed by atoms with Gasteiger partial charge in [-0.1, -0.05) is 37.6 Å². The Hall–Kier alpha value is 0.330. The first kappa shape index (κ1) is 14.4. The summed E-state index contributed by atoms with van der Waals surface area (Å²) < 4.78 is 13.3. The molecule has 1 saturated carbocycles. The predicted octanol–water partition coefficient (Wildman–Crippen LogP) is 3.70. The molecule has 0 aromatic carbocycles. The van der Waals surface area contributed by atoms with Gasteiger partial charge in [0.05, 0.1) is 9.45 Å². The maximum absolute atomic E-state index is 12.5. The summed E-state index contributed by atoms with van der Waals surface area (Å²) >= 11 is 6.87. The second kappa shape index (κ2) is 7.62. The van der Waals surface area contributed by atoms with E-state index in [0.717, 1.165) is 23.5 Å². The molecular formula is C12H20OS3. The number of thioether (sulfide) groups is 1. The average Bonchev–Trinajstić information content (AvgIpc) is 2.35. The highest BCUT2D eigenvalue weighted by Gasteiger charge is 2.28. The molecule has 1 aliphatic carbocycles. The number of hydrogen-bond donors (Lipinski definition) is 0. The van der Waals surface area contributed by atoms with Gasteiger partial charge in [-0.05, 0) is 25.5 Å². The van der Waals surface area contributed by atoms with E-state index in [0.29, 0.717) is 5.25 Å². The van der Waals surface area contributed by atoms with Crippen molar-refractivity contribution in [1.82, 2.24) is 0 Å². The predicted molar refractivity (Wildman–Crippen MR) is 79.7 cm³/mol. The Morgan fingerprint density at radius 1 is 1.56 bits per heavy atom. The first-order valence-electron chi connectivity index (χ1n) is 5.78. The van der Waals surface area contributed by atoms with Gasteiger partial charge >= 0.3 is 0 Å². The summed E-state index contributed by atoms with van der Waals surface area (Å²) in [5, 5.41) is 0.398. The maximum Gasteiger partial charge on any atom is 0.0796 e. The van der Waals surface area contributed by atoms with Gasteiger partial charge in [-0.15, -0.1) is 18.3 Å². The van der Waals surface area contributed by atoms with Crippen LogP contribution in [0, 0.1) is 0 Å². The topological polar surface area (TPSA) is 17.1 Å². The molecule has 16 heavy (non-hydrogen) atoms. The van der Waals surface area contributed by atoms with Crippen molar-refractivity contribution >= 4 is 39.0 Å². The van der Waals surface area contributed by atoms with Crippen LogP contribution in [0.5, 0.6) is 0 Å². The van der Waals surface area contributed by atoms with E-state index in [-0.39, 0.29) is 5.25 Å². The summed E-state index contributed by atoms with van der Waals surface area (Å²) in [7, 11) is -0.807. The Morgan fingerprint density at radius 3 is 2.69 bits per heavy atom. The van der Waals surface area contributed by atoms with Gasteiger partial charge in [0.1, 0.15) is 0 Å². The molecule has 0 heterocycles. The Labute approximate surface area is 111 Å². The molecule has 1 rings (SSSR count). The second-order valence-electron chi connectivity index (χ2n) is 4.12. The van der Waals surface area contributed by atoms with Gasteiger partial charge < -0.3 is 0 Å². The first-order valence-corrected chi connectivity index (χ1v) is 8.69. The number of hydrogen-bond acceptors (Lipinski definition) is 3. The highest BCUT2D eigenvalue weighted by molar-refractivity contribution is 8.24. The molecule has 0 aromatic rings. The molecule has 2 atom stereocenters. The maximum atomic E-state index is 12.5. The van der Waals surface area contributed by atoms with E-state index in [1.165, 1.54) is 19.3 Å². The Kier molecular flexibility index (Phi) is 6.85. The van der Waals surface area contributed by atoms with Crippen LogP contribution in [0.15, 0.2) is 12.7 Å². The monoisotopic (exact) mass is 276 g/mol. The molecule has 1 unspecified atom stereocenters. The van der Waals surface area contributed by atoms with Crippen molar-refractivity contribution in [2.75, 3.05) is 6.26 Å². The normalized spacial score (nSPS) is 21.3. The SMILES string of the molecule is C=CC[C@@H](C(=S)SC)S(=O)C1CCCCC1. The molecule has 0 N–H and O–H groups in total. The van der Waals surface area contributed by atoms with E-state index in [2.05, 4.69) is 6.58 Å². The van der Waals surface area contributed by atoms with Crippen molar-refractivity contribution in [3.8, 4) is 0 Å². The van der Waals surface area contributed by atoms with Crippen LogP contribution in [-0.2, 0) is 10.8 Å². The van der Waals surface area contributed by atoms with E-state index in [1.54, 1.807) is 11.8 Å². The van der Waals surface area contributed by atoms with Crippen LogP contribution in [0.2, 0.25) is 0 Å². The summed E-state index contributed by atoms with van der Waals surface area (Å²) in [6.07, 6.45) is 10.5. The Balaban J connectivity index is 2.64. The van der Waals surface area contributed by atoms with Crippen LogP contribution in [0.25, 0.3) is 0 Å². The zero-order valence-electron chi connectivity index (χ0n) is 9.81. The van der Waals surface area contributed by atoms with Crippen molar-refractivity contribution < 1.29 is 4.21 Å². The first-order chi connectivity index (χ1) is 7.70. The molecule has 1 nitrogen and oxygen atoms in total. The summed E-state index contributed by atoms with van der Waals surface area (Å²) in [6.45, 7) is 3.74. The lowest BCUT2D eigenvalue weighted by Gasteiger charge is -2.25. The van der Waals surface area contributed by atoms with Crippen molar-refractivity contribution in [2.24, 2.45) is 0 Å². The third-order valence-electron chi connectivity index (χ3n) is 3.01. The fraction of sp³-hybridized carbons (Fsp3) is 0.750. The lowest BCUT2D eigenvalue weighted by Crippen LogP contribution is -2.31. The quantitative estimate of drug-likeness (QED) is 0.563. The van der Waals surface area contributed by atoms with E-state index in [1.807, 2.05) is 12.3 Å². The smallest absolute Gasteiger partial charge is 0.0796 e. The summed E-state index contributed by atoms with van der Waals surface area (Å²) in [5.41, 5.74) is 0. The third-order valence-corrected chi connectivity index (χ3v) is 6.89. The van der Waals surface area contributed by atoms with Gasteiger partial charge in [0.15, 0.2) is 0 Å². The highest BCUT2D eigenvalue weighted by Crippen LogP contribution is 2.26. The highest BCUT2D eigenvalue weighted by atomic mass is 32.2. The Bertz CT molecular complexity index is 269. The molecule has 0 spiro atoms. The van der Waals surface area contributed by atoms with Gasteiger partial charge in [0.2, 0.25) is 0 Å². The van der Waals surface area contributed by atoms with E-state index in [9.17, 15) is 4.21 Å². The average molecular weight is 276 g/mol. The molecule has 0 amide bonds. The second-order valence-corrected chi connectivity index (χ2v) is 7.56. The van der Waals surface area contributed by atoms with E-state index in [4.69, 9.17) is 12.2 Å². The van der Waals surface area contributed by atoms with Gasteiger partial charge in [-0.25, -0.2) is 0 Å². The minimum absolute atomic E-state index is 0.0330. The zero-order valence-corrected chi connectivity index (χ0v) is 12.3. The lowest BCUT2D eigenvalue weighted by atomic mass is 10.0. The Morgan fingerprint density at radius 2 is 2.19 bits per heavy atom. The zero-order chi connectivity index (χ0) is 12.0. The van der Waals surface area contributed by atoms with Crippen LogP contribution in [0.3, 0.4) is 0 Å². The van der Waals surface area contributed by atoms with Crippen LogP contribution >= 0.6 is 24.0 Å². The minimum Gasteiger partial charge on any atom is -0.259 e. The summed E-state index contributed by atoms with van der Waals surface area (Å²) in [4.78, 5) is 0. The van der Waals surface area contributed by atoms with E-state index >= 15 is 0 Å². The molecule has 0 bridgehead atoms. The summed E-state index contributed by atoms with van der Waals surface area (Å²) in [6, 6.07) is 0. The largest absolute Gasteiger partial charge is 0.259 e. The molecule has 92 valence electrons. The molecule has 0 saturated heterocycles. The van der Waals surface area contributed by atoms with Crippen LogP contribution in [0.1, 0.15) is 38.5 Å². The van der Waals surface area contributed by atoms with Crippen molar-refractivity contribution in [3.05, 3.63) is 12.7 Å². The number of allylic oxidation sites excluding steroid dienone is 1. The van der Waals surface area contributed by atoms with Crippen molar-refractivity contribution in [1.29, 1.82) is 0 Å². The lowest BCUT2D eigenvalue weighted by molar-refractivity contribution is 0.503. The standard InChI is InChI=1S/C12H20OS3/c1-3-7-11(12(14)15-2)16(13)10-8-5-4-6-9-10/h3,10-11H,1,4-9H2,2H3/t11-,16?/m0/s1. The summed E-state index contributed by atoms with van der Waals surface area (Å²) in [5.74, 6) is 0. The van der Waals surface area contributed by atoms with Gasteiger partial charge in [0.25, 0.3) is 0 Å². The molecule has 1 aliphatic rings. The van der Waals surface area contributed by atoms with Gasteiger partial charge in [-0.2, -0.15) is 0 Å². The van der Waals surface area contributed by atoms with Crippen LogP contribution in [0.4, 0.5) is 0 Å². The van der Waals surface area contributed by atoms with Crippen molar-refractivity contribution in [3.63, 3.8) is 0 Å². The minimum atomic E-state index is -0.807. The fourth-order valence-electron chi connectivity index (χ4n) is 2.10.